The van der Waals surface area contributed by atoms with E-state index in [1.165, 1.54) is 0 Å². The summed E-state index contributed by atoms with van der Waals surface area (Å²) < 4.78 is 0. The summed E-state index contributed by atoms with van der Waals surface area (Å²) in [4.78, 5) is 0. The molecule has 0 aliphatic carbocycles. The molecule has 1 aromatic carbocycles. The van der Waals surface area contributed by atoms with Crippen LogP contribution in [-0.4, -0.2) is 5.11 Å². The Hall–Kier alpha value is -1.44. The van der Waals surface area contributed by atoms with Crippen LogP contribution in [0, 0.1) is 6.92 Å². The molecule has 3 N–H and O–H groups in total. The van der Waals surface area contributed by atoms with Crippen molar-refractivity contribution in [3.8, 4) is 5.75 Å². The first-order valence-corrected chi connectivity index (χ1v) is 3.30. The second-order valence-corrected chi connectivity index (χ2v) is 2.58. The maximum absolute atomic E-state index is 9.35. The lowest BCUT2D eigenvalue weighted by atomic mass is 10.1. The second-order valence-electron chi connectivity index (χ2n) is 2.58. The Bertz CT molecular complexity index is 382. The van der Waals surface area contributed by atoms with Crippen LogP contribution in [0.4, 0.5) is 5.69 Å². The van der Waals surface area contributed by atoms with Crippen LogP contribution < -0.4 is 16.2 Å². The predicted octanol–water partition coefficient (Wildman–Crippen LogP) is 0.103. The smallest absolute Gasteiger partial charge is 0.125 e. The van der Waals surface area contributed by atoms with Crippen LogP contribution >= 0.6 is 0 Å². The number of rotatable bonds is 0. The summed E-state index contributed by atoms with van der Waals surface area (Å²) in [6.45, 7) is 9.10. The van der Waals surface area contributed by atoms with Crippen LogP contribution in [0.3, 0.4) is 0 Å². The van der Waals surface area contributed by atoms with Gasteiger partial charge in [-0.15, -0.1) is 0 Å². The molecule has 0 heterocycles. The van der Waals surface area contributed by atoms with Crippen molar-refractivity contribution in [1.82, 2.24) is 0 Å². The monoisotopic (exact) mass is 149 g/mol. The largest absolute Gasteiger partial charge is 0.507 e. The molecule has 58 valence electrons. The van der Waals surface area contributed by atoms with Crippen LogP contribution in [0.2, 0.25) is 0 Å². The highest BCUT2D eigenvalue weighted by molar-refractivity contribution is 5.51. The van der Waals surface area contributed by atoms with Crippen molar-refractivity contribution in [2.24, 2.45) is 0 Å². The van der Waals surface area contributed by atoms with Crippen molar-refractivity contribution >= 4 is 18.8 Å². The SMILES string of the molecule is C=c1cc(N)c(=C)c(C)c1O. The van der Waals surface area contributed by atoms with Crippen molar-refractivity contribution in [2.75, 3.05) is 5.73 Å². The number of aromatic hydroxyl groups is 1. The molecule has 1 aromatic rings. The van der Waals surface area contributed by atoms with Crippen molar-refractivity contribution in [1.29, 1.82) is 0 Å². The molecule has 0 saturated carbocycles. The fourth-order valence-corrected chi connectivity index (χ4v) is 0.943. The van der Waals surface area contributed by atoms with Gasteiger partial charge in [-0.1, -0.05) is 13.2 Å². The Morgan fingerprint density at radius 2 is 2.00 bits per heavy atom. The Labute approximate surface area is 65.3 Å². The molecule has 0 unspecified atom stereocenters. The lowest BCUT2D eigenvalue weighted by Gasteiger charge is -2.01. The fraction of sp³-hybridized carbons (Fsp3) is 0.111. The molecule has 0 amide bonds. The molecule has 2 heteroatoms. The van der Waals surface area contributed by atoms with Crippen LogP contribution in [0.5, 0.6) is 5.75 Å². The van der Waals surface area contributed by atoms with Crippen molar-refractivity contribution in [3.63, 3.8) is 0 Å². The minimum Gasteiger partial charge on any atom is -0.507 e. The van der Waals surface area contributed by atoms with Gasteiger partial charge in [-0.25, -0.2) is 0 Å². The van der Waals surface area contributed by atoms with Crippen molar-refractivity contribution < 1.29 is 5.11 Å². The molecule has 11 heavy (non-hydrogen) atoms. The van der Waals surface area contributed by atoms with Crippen molar-refractivity contribution in [3.05, 3.63) is 22.1 Å². The molecule has 0 aliphatic rings. The second kappa shape index (κ2) is 2.31. The molecule has 0 atom stereocenters. The van der Waals surface area contributed by atoms with Gasteiger partial charge in [-0.2, -0.15) is 0 Å². The van der Waals surface area contributed by atoms with Crippen LogP contribution in [0.15, 0.2) is 6.07 Å². The predicted molar refractivity (Wildman–Crippen MR) is 47.6 cm³/mol. The molecule has 0 fully saturated rings. The average Bonchev–Trinajstić information content (AvgIpc) is 1.97. The van der Waals surface area contributed by atoms with E-state index in [4.69, 9.17) is 5.73 Å². The van der Waals surface area contributed by atoms with E-state index in [1.54, 1.807) is 13.0 Å². The van der Waals surface area contributed by atoms with Crippen LogP contribution in [0.25, 0.3) is 13.2 Å². The lowest BCUT2D eigenvalue weighted by Crippen LogP contribution is -2.16. The number of hydrogen-bond acceptors (Lipinski definition) is 2. The van der Waals surface area contributed by atoms with E-state index < -0.39 is 0 Å². The van der Waals surface area contributed by atoms with Gasteiger partial charge in [0.05, 0.1) is 0 Å². The first-order valence-electron chi connectivity index (χ1n) is 3.30. The van der Waals surface area contributed by atoms with Gasteiger partial charge >= 0.3 is 0 Å². The van der Waals surface area contributed by atoms with Crippen molar-refractivity contribution in [2.45, 2.75) is 6.92 Å². The molecule has 0 radical (unpaired) electrons. The van der Waals surface area contributed by atoms with Gasteiger partial charge < -0.3 is 10.8 Å². The standard InChI is InChI=1S/C9H11NO/c1-5-4-8(10)6(2)7(3)9(5)11/h4,11H,1-2,10H2,3H3. The summed E-state index contributed by atoms with van der Waals surface area (Å²) in [6, 6.07) is 1.62. The van der Waals surface area contributed by atoms with E-state index in [1.807, 2.05) is 0 Å². The number of phenolic OH excluding ortho intramolecular Hbond substituents is 1. The molecule has 1 rings (SSSR count). The molecule has 2 nitrogen and oxygen atoms in total. The molecule has 0 saturated heterocycles. The topological polar surface area (TPSA) is 46.2 Å². The fourth-order valence-electron chi connectivity index (χ4n) is 0.943. The zero-order valence-corrected chi connectivity index (χ0v) is 6.52. The van der Waals surface area contributed by atoms with Gasteiger partial charge in [0, 0.05) is 16.5 Å². The molecule has 0 spiro atoms. The Balaban J connectivity index is 3.73. The number of phenols is 1. The number of hydrogen-bond donors (Lipinski definition) is 2. The molecule has 0 aliphatic heterocycles. The Morgan fingerprint density at radius 3 is 2.55 bits per heavy atom. The van der Waals surface area contributed by atoms with Crippen LogP contribution in [-0.2, 0) is 0 Å². The van der Waals surface area contributed by atoms with Gasteiger partial charge in [0.1, 0.15) is 5.75 Å². The summed E-state index contributed by atoms with van der Waals surface area (Å²) in [5, 5.41) is 10.6. The van der Waals surface area contributed by atoms with Gasteiger partial charge in [-0.3, -0.25) is 0 Å². The molecular weight excluding hydrogens is 138 g/mol. The highest BCUT2D eigenvalue weighted by Gasteiger charge is 1.99. The highest BCUT2D eigenvalue weighted by Crippen LogP contribution is 2.05. The maximum atomic E-state index is 9.35. The third-order valence-corrected chi connectivity index (χ3v) is 1.79. The first kappa shape index (κ1) is 7.66. The molecule has 0 aromatic heterocycles. The van der Waals surface area contributed by atoms with E-state index >= 15 is 0 Å². The highest BCUT2D eigenvalue weighted by atomic mass is 16.3. The van der Waals surface area contributed by atoms with E-state index in [-0.39, 0.29) is 5.75 Å². The number of nitrogens with two attached hydrogens (primary N) is 1. The summed E-state index contributed by atoms with van der Waals surface area (Å²) in [7, 11) is 0. The minimum atomic E-state index is 0.184. The zero-order chi connectivity index (χ0) is 8.59. The normalized spacial score (nSPS) is 9.91. The minimum absolute atomic E-state index is 0.184. The first-order chi connectivity index (χ1) is 5.04. The summed E-state index contributed by atoms with van der Waals surface area (Å²) in [6.07, 6.45) is 0. The van der Waals surface area contributed by atoms with Gasteiger partial charge in [0.25, 0.3) is 0 Å². The third kappa shape index (κ3) is 1.07. The number of anilines is 1. The van der Waals surface area contributed by atoms with Gasteiger partial charge in [0.15, 0.2) is 0 Å². The molecule has 0 bridgehead atoms. The van der Waals surface area contributed by atoms with E-state index in [0.717, 1.165) is 0 Å². The van der Waals surface area contributed by atoms with E-state index in [2.05, 4.69) is 13.2 Å². The van der Waals surface area contributed by atoms with Gasteiger partial charge in [0.2, 0.25) is 0 Å². The average molecular weight is 149 g/mol. The summed E-state index contributed by atoms with van der Waals surface area (Å²) in [5.41, 5.74) is 6.85. The lowest BCUT2D eigenvalue weighted by molar-refractivity contribution is 0.466. The van der Waals surface area contributed by atoms with Gasteiger partial charge in [-0.05, 0) is 18.2 Å². The molecular formula is C9H11NO. The number of benzene rings is 1. The maximum Gasteiger partial charge on any atom is 0.125 e. The quantitative estimate of drug-likeness (QED) is 0.406. The third-order valence-electron chi connectivity index (χ3n) is 1.79. The van der Waals surface area contributed by atoms with Crippen LogP contribution in [0.1, 0.15) is 5.56 Å². The summed E-state index contributed by atoms with van der Waals surface area (Å²) >= 11 is 0. The Morgan fingerprint density at radius 1 is 1.45 bits per heavy atom. The summed E-state index contributed by atoms with van der Waals surface area (Å²) in [5.74, 6) is 0.184. The Kier molecular flexibility index (Phi) is 1.61. The van der Waals surface area contributed by atoms with E-state index in [9.17, 15) is 5.11 Å². The zero-order valence-electron chi connectivity index (χ0n) is 6.52. The van der Waals surface area contributed by atoms with E-state index in [0.29, 0.717) is 21.7 Å². The number of nitrogen functional groups attached to an aromatic ring is 1.